The Labute approximate surface area is 134 Å². The molecule has 0 amide bonds. The summed E-state index contributed by atoms with van der Waals surface area (Å²) in [4.78, 5) is 12.5. The van der Waals surface area contributed by atoms with Crippen LogP contribution in [-0.4, -0.2) is 12.1 Å². The maximum atomic E-state index is 12.5. The summed E-state index contributed by atoms with van der Waals surface area (Å²) < 4.78 is 5.97. The molecule has 0 aromatic heterocycles. The molecule has 0 radical (unpaired) electrons. The van der Waals surface area contributed by atoms with Crippen LogP contribution in [0.3, 0.4) is 0 Å². The van der Waals surface area contributed by atoms with Crippen LogP contribution >= 0.6 is 0 Å². The van der Waals surface area contributed by atoms with Gasteiger partial charge in [0.05, 0.1) is 5.92 Å². The SMILES string of the molecule is CC1CCC(C(C)C)C(OC(=O)[C@@H]2C[C@@H]2c2ccccc2)C1. The lowest BCUT2D eigenvalue weighted by atomic mass is 9.75. The smallest absolute Gasteiger partial charge is 0.309 e. The molecule has 22 heavy (non-hydrogen) atoms. The van der Waals surface area contributed by atoms with Gasteiger partial charge in [-0.3, -0.25) is 4.79 Å². The van der Waals surface area contributed by atoms with Gasteiger partial charge in [0.25, 0.3) is 0 Å². The van der Waals surface area contributed by atoms with E-state index in [1.165, 1.54) is 18.4 Å². The zero-order valence-electron chi connectivity index (χ0n) is 14.0. The van der Waals surface area contributed by atoms with Crippen molar-refractivity contribution >= 4 is 5.97 Å². The maximum Gasteiger partial charge on any atom is 0.309 e. The van der Waals surface area contributed by atoms with E-state index < -0.39 is 0 Å². The molecule has 0 N–H and O–H groups in total. The number of hydrogen-bond acceptors (Lipinski definition) is 2. The molecule has 0 spiro atoms. The predicted octanol–water partition coefficient (Wildman–Crippen LogP) is 4.79. The third kappa shape index (κ3) is 3.37. The molecule has 3 unspecified atom stereocenters. The number of carbonyl (C=O) groups excluding carboxylic acids is 1. The van der Waals surface area contributed by atoms with Gasteiger partial charge in [-0.1, -0.05) is 57.5 Å². The molecule has 1 aromatic carbocycles. The van der Waals surface area contributed by atoms with Crippen molar-refractivity contribution < 1.29 is 9.53 Å². The van der Waals surface area contributed by atoms with Crippen molar-refractivity contribution in [3.05, 3.63) is 35.9 Å². The highest BCUT2D eigenvalue weighted by Crippen LogP contribution is 2.49. The normalized spacial score (nSPS) is 34.5. The first kappa shape index (κ1) is 15.6. The van der Waals surface area contributed by atoms with Crippen LogP contribution in [0.25, 0.3) is 0 Å². The molecular weight excluding hydrogens is 272 g/mol. The summed E-state index contributed by atoms with van der Waals surface area (Å²) in [6.07, 6.45) is 4.60. The van der Waals surface area contributed by atoms with Gasteiger partial charge in [0.2, 0.25) is 0 Å². The second-order valence-corrected chi connectivity index (χ2v) is 7.66. The lowest BCUT2D eigenvalue weighted by Gasteiger charge is -2.36. The van der Waals surface area contributed by atoms with Gasteiger partial charge in [0, 0.05) is 0 Å². The molecule has 0 bridgehead atoms. The first-order valence-corrected chi connectivity index (χ1v) is 8.81. The Morgan fingerprint density at radius 1 is 1.14 bits per heavy atom. The van der Waals surface area contributed by atoms with Gasteiger partial charge < -0.3 is 4.74 Å². The highest BCUT2D eigenvalue weighted by molar-refractivity contribution is 5.77. The van der Waals surface area contributed by atoms with Crippen LogP contribution in [-0.2, 0) is 9.53 Å². The first-order valence-electron chi connectivity index (χ1n) is 8.81. The third-order valence-electron chi connectivity index (χ3n) is 5.55. The Hall–Kier alpha value is -1.31. The van der Waals surface area contributed by atoms with Crippen molar-refractivity contribution in [3.63, 3.8) is 0 Å². The summed E-state index contributed by atoms with van der Waals surface area (Å²) in [5, 5.41) is 0. The van der Waals surface area contributed by atoms with Crippen LogP contribution < -0.4 is 0 Å². The second kappa shape index (κ2) is 6.44. The van der Waals surface area contributed by atoms with Crippen LogP contribution in [0.15, 0.2) is 30.3 Å². The molecule has 2 nitrogen and oxygen atoms in total. The van der Waals surface area contributed by atoms with Crippen LogP contribution in [0, 0.1) is 23.7 Å². The van der Waals surface area contributed by atoms with E-state index in [0.717, 1.165) is 12.8 Å². The fraction of sp³-hybridized carbons (Fsp3) is 0.650. The third-order valence-corrected chi connectivity index (χ3v) is 5.55. The predicted molar refractivity (Wildman–Crippen MR) is 88.5 cm³/mol. The molecule has 0 heterocycles. The van der Waals surface area contributed by atoms with E-state index in [1.807, 2.05) is 18.2 Å². The minimum atomic E-state index is 0.0404. The van der Waals surface area contributed by atoms with E-state index in [2.05, 4.69) is 32.9 Å². The molecule has 120 valence electrons. The average molecular weight is 300 g/mol. The summed E-state index contributed by atoms with van der Waals surface area (Å²) >= 11 is 0. The Bertz CT molecular complexity index is 508. The zero-order valence-corrected chi connectivity index (χ0v) is 14.0. The summed E-state index contributed by atoms with van der Waals surface area (Å²) in [6.45, 7) is 6.79. The van der Waals surface area contributed by atoms with Crippen LogP contribution in [0.1, 0.15) is 57.9 Å². The van der Waals surface area contributed by atoms with Gasteiger partial charge in [-0.2, -0.15) is 0 Å². The molecule has 3 rings (SSSR count). The van der Waals surface area contributed by atoms with Crippen LogP contribution in [0.4, 0.5) is 0 Å². The van der Waals surface area contributed by atoms with Gasteiger partial charge >= 0.3 is 5.97 Å². The molecule has 2 heteroatoms. The Balaban J connectivity index is 1.59. The number of esters is 1. The molecule has 2 fully saturated rings. The standard InChI is InChI=1S/C20H28O2/c1-13(2)16-10-9-14(3)11-19(16)22-20(21)18-12-17(18)15-7-5-4-6-8-15/h4-8,13-14,16-19H,9-12H2,1-3H3/t14?,16?,17-,18-,19?/m1/s1. The molecule has 0 aliphatic heterocycles. The molecule has 0 saturated heterocycles. The Morgan fingerprint density at radius 3 is 2.55 bits per heavy atom. The van der Waals surface area contributed by atoms with Gasteiger partial charge in [0.1, 0.15) is 6.10 Å². The summed E-state index contributed by atoms with van der Waals surface area (Å²) in [5.41, 5.74) is 1.28. The van der Waals surface area contributed by atoms with E-state index in [0.29, 0.717) is 23.7 Å². The largest absolute Gasteiger partial charge is 0.462 e. The fourth-order valence-electron chi connectivity index (χ4n) is 4.01. The lowest BCUT2D eigenvalue weighted by molar-refractivity contribution is -0.157. The van der Waals surface area contributed by atoms with Crippen molar-refractivity contribution in [2.24, 2.45) is 23.7 Å². The van der Waals surface area contributed by atoms with Crippen molar-refractivity contribution in [2.45, 2.75) is 58.5 Å². The maximum absolute atomic E-state index is 12.5. The lowest BCUT2D eigenvalue weighted by Crippen LogP contribution is -2.36. The van der Waals surface area contributed by atoms with E-state index in [-0.39, 0.29) is 18.0 Å². The van der Waals surface area contributed by atoms with Crippen LogP contribution in [0.2, 0.25) is 0 Å². The van der Waals surface area contributed by atoms with Crippen molar-refractivity contribution in [3.8, 4) is 0 Å². The monoisotopic (exact) mass is 300 g/mol. The summed E-state index contributed by atoms with van der Waals surface area (Å²) in [6, 6.07) is 10.4. The zero-order chi connectivity index (χ0) is 15.7. The highest BCUT2D eigenvalue weighted by atomic mass is 16.5. The van der Waals surface area contributed by atoms with Gasteiger partial charge in [-0.05, 0) is 48.5 Å². The first-order chi connectivity index (χ1) is 10.6. The summed E-state index contributed by atoms with van der Waals surface area (Å²) in [7, 11) is 0. The van der Waals surface area contributed by atoms with Crippen molar-refractivity contribution in [1.82, 2.24) is 0 Å². The van der Waals surface area contributed by atoms with E-state index in [9.17, 15) is 4.79 Å². The Kier molecular flexibility index (Phi) is 4.56. The number of carbonyl (C=O) groups is 1. The molecule has 2 saturated carbocycles. The van der Waals surface area contributed by atoms with E-state index >= 15 is 0 Å². The second-order valence-electron chi connectivity index (χ2n) is 7.66. The fourth-order valence-corrected chi connectivity index (χ4v) is 4.01. The van der Waals surface area contributed by atoms with Crippen molar-refractivity contribution in [2.75, 3.05) is 0 Å². The number of rotatable bonds is 4. The van der Waals surface area contributed by atoms with Gasteiger partial charge in [0.15, 0.2) is 0 Å². The summed E-state index contributed by atoms with van der Waals surface area (Å²) in [5.74, 6) is 2.32. The van der Waals surface area contributed by atoms with E-state index in [1.54, 1.807) is 0 Å². The van der Waals surface area contributed by atoms with Gasteiger partial charge in [-0.15, -0.1) is 0 Å². The molecule has 2 aliphatic rings. The van der Waals surface area contributed by atoms with Gasteiger partial charge in [-0.25, -0.2) is 0 Å². The quantitative estimate of drug-likeness (QED) is 0.747. The van der Waals surface area contributed by atoms with Crippen molar-refractivity contribution in [1.29, 1.82) is 0 Å². The number of benzene rings is 1. The topological polar surface area (TPSA) is 26.3 Å². The average Bonchev–Trinajstić information content (AvgIpc) is 3.28. The molecule has 5 atom stereocenters. The number of ether oxygens (including phenoxy) is 1. The van der Waals surface area contributed by atoms with Crippen LogP contribution in [0.5, 0.6) is 0 Å². The molecule has 1 aromatic rings. The molecular formula is C20H28O2. The van der Waals surface area contributed by atoms with E-state index in [4.69, 9.17) is 4.74 Å². The highest BCUT2D eigenvalue weighted by Gasteiger charge is 2.46. The Morgan fingerprint density at radius 2 is 1.86 bits per heavy atom. The minimum absolute atomic E-state index is 0.0404. The minimum Gasteiger partial charge on any atom is -0.462 e. The molecule has 2 aliphatic carbocycles. The number of hydrogen-bond donors (Lipinski definition) is 0.